The lowest BCUT2D eigenvalue weighted by Crippen LogP contribution is -2.56. The predicted molar refractivity (Wildman–Crippen MR) is 74.3 cm³/mol. The molecule has 1 aromatic rings. The van der Waals surface area contributed by atoms with E-state index in [4.69, 9.17) is 9.47 Å². The van der Waals surface area contributed by atoms with Crippen LogP contribution in [-0.4, -0.2) is 24.8 Å². The van der Waals surface area contributed by atoms with Crippen molar-refractivity contribution in [3.8, 4) is 6.07 Å². The molecular formula is C13H14BrNO2S. The SMILES string of the molecule is COC1(OC)CC(C#N)(Sc2cccc(Br)c2)C1. The quantitative estimate of drug-likeness (QED) is 0.792. The molecule has 0 aromatic heterocycles. The van der Waals surface area contributed by atoms with E-state index >= 15 is 0 Å². The van der Waals surface area contributed by atoms with Crippen molar-refractivity contribution in [2.75, 3.05) is 14.2 Å². The summed E-state index contributed by atoms with van der Waals surface area (Å²) in [5.74, 6) is -0.589. The molecular weight excluding hydrogens is 314 g/mol. The molecule has 0 amide bonds. The fourth-order valence-corrected chi connectivity index (χ4v) is 4.08. The molecule has 0 atom stereocenters. The Morgan fingerprint density at radius 2 is 2.00 bits per heavy atom. The number of rotatable bonds is 4. The summed E-state index contributed by atoms with van der Waals surface area (Å²) in [7, 11) is 3.24. The van der Waals surface area contributed by atoms with Crippen LogP contribution in [0.15, 0.2) is 33.6 Å². The lowest BCUT2D eigenvalue weighted by atomic mass is 9.78. The highest BCUT2D eigenvalue weighted by Gasteiger charge is 2.57. The molecule has 1 aromatic carbocycles. The van der Waals surface area contributed by atoms with Crippen LogP contribution in [0.1, 0.15) is 12.8 Å². The number of hydrogen-bond acceptors (Lipinski definition) is 4. The molecule has 5 heteroatoms. The standard InChI is InChI=1S/C13H14BrNO2S/c1-16-13(17-2)7-12(8-13,9-15)18-11-5-3-4-10(14)6-11/h3-6H,7-8H2,1-2H3. The lowest BCUT2D eigenvalue weighted by Gasteiger charge is -2.49. The van der Waals surface area contributed by atoms with E-state index in [1.165, 1.54) is 0 Å². The van der Waals surface area contributed by atoms with Gasteiger partial charge in [0, 0.05) is 36.4 Å². The smallest absolute Gasteiger partial charge is 0.172 e. The minimum atomic E-state index is -0.589. The Bertz CT molecular complexity index is 474. The van der Waals surface area contributed by atoms with E-state index in [2.05, 4.69) is 22.0 Å². The molecule has 0 heterocycles. The van der Waals surface area contributed by atoms with E-state index in [1.807, 2.05) is 24.3 Å². The lowest BCUT2D eigenvalue weighted by molar-refractivity contribution is -0.255. The van der Waals surface area contributed by atoms with Crippen molar-refractivity contribution >= 4 is 27.7 Å². The van der Waals surface area contributed by atoms with E-state index in [0.717, 1.165) is 9.37 Å². The van der Waals surface area contributed by atoms with Gasteiger partial charge in [0.05, 0.1) is 6.07 Å². The zero-order valence-electron chi connectivity index (χ0n) is 10.3. The molecule has 0 bridgehead atoms. The molecule has 1 aliphatic rings. The number of nitriles is 1. The predicted octanol–water partition coefficient (Wildman–Crippen LogP) is 3.59. The molecule has 3 nitrogen and oxygen atoms in total. The van der Waals surface area contributed by atoms with E-state index in [-0.39, 0.29) is 0 Å². The van der Waals surface area contributed by atoms with Crippen LogP contribution in [0.2, 0.25) is 0 Å². The van der Waals surface area contributed by atoms with Crippen LogP contribution >= 0.6 is 27.7 Å². The van der Waals surface area contributed by atoms with Crippen LogP contribution in [0.3, 0.4) is 0 Å². The molecule has 96 valence electrons. The minimum absolute atomic E-state index is 0.452. The van der Waals surface area contributed by atoms with Gasteiger partial charge in [0.2, 0.25) is 0 Å². The van der Waals surface area contributed by atoms with Crippen molar-refractivity contribution in [2.45, 2.75) is 28.3 Å². The highest BCUT2D eigenvalue weighted by molar-refractivity contribution is 9.10. The third-order valence-corrected chi connectivity index (χ3v) is 4.92. The van der Waals surface area contributed by atoms with Gasteiger partial charge in [-0.1, -0.05) is 22.0 Å². The minimum Gasteiger partial charge on any atom is -0.353 e. The summed E-state index contributed by atoms with van der Waals surface area (Å²) in [4.78, 5) is 1.08. The van der Waals surface area contributed by atoms with Crippen molar-refractivity contribution in [3.05, 3.63) is 28.7 Å². The molecule has 1 fully saturated rings. The molecule has 18 heavy (non-hydrogen) atoms. The Morgan fingerprint density at radius 1 is 1.33 bits per heavy atom. The first-order chi connectivity index (χ1) is 8.57. The Hall–Kier alpha value is -0.540. The zero-order chi connectivity index (χ0) is 13.2. The zero-order valence-corrected chi connectivity index (χ0v) is 12.7. The molecule has 0 N–H and O–H groups in total. The van der Waals surface area contributed by atoms with Crippen molar-refractivity contribution in [1.82, 2.24) is 0 Å². The Labute approximate surface area is 120 Å². The van der Waals surface area contributed by atoms with Crippen LogP contribution in [0.25, 0.3) is 0 Å². The maximum Gasteiger partial charge on any atom is 0.172 e. The summed E-state index contributed by atoms with van der Waals surface area (Å²) in [5.41, 5.74) is 0. The molecule has 1 aliphatic carbocycles. The number of nitrogens with zero attached hydrogens (tertiary/aromatic N) is 1. The molecule has 0 aliphatic heterocycles. The number of methoxy groups -OCH3 is 2. The summed E-state index contributed by atoms with van der Waals surface area (Å²) in [6, 6.07) is 10.4. The van der Waals surface area contributed by atoms with Gasteiger partial charge in [-0.15, -0.1) is 11.8 Å². The Morgan fingerprint density at radius 3 is 2.50 bits per heavy atom. The third kappa shape index (κ3) is 2.57. The van der Waals surface area contributed by atoms with Gasteiger partial charge in [-0.25, -0.2) is 0 Å². The molecule has 0 radical (unpaired) electrons. The van der Waals surface area contributed by atoms with Gasteiger partial charge in [-0.2, -0.15) is 5.26 Å². The summed E-state index contributed by atoms with van der Waals surface area (Å²) < 4.78 is 11.3. The van der Waals surface area contributed by atoms with Gasteiger partial charge in [0.25, 0.3) is 0 Å². The van der Waals surface area contributed by atoms with Crippen molar-refractivity contribution < 1.29 is 9.47 Å². The van der Waals surface area contributed by atoms with E-state index < -0.39 is 10.5 Å². The van der Waals surface area contributed by atoms with Gasteiger partial charge in [-0.05, 0) is 18.2 Å². The second-order valence-electron chi connectivity index (χ2n) is 4.34. The number of halogens is 1. The monoisotopic (exact) mass is 327 g/mol. The highest BCUT2D eigenvalue weighted by Crippen LogP contribution is 2.54. The topological polar surface area (TPSA) is 42.2 Å². The first-order valence-corrected chi connectivity index (χ1v) is 7.14. The molecule has 0 saturated heterocycles. The van der Waals surface area contributed by atoms with E-state index in [0.29, 0.717) is 12.8 Å². The second-order valence-corrected chi connectivity index (χ2v) is 6.71. The maximum absolute atomic E-state index is 9.40. The Kier molecular flexibility index (Phi) is 4.02. The summed E-state index contributed by atoms with van der Waals surface area (Å²) in [5, 5.41) is 9.40. The van der Waals surface area contributed by atoms with Gasteiger partial charge in [0.15, 0.2) is 5.79 Å². The van der Waals surface area contributed by atoms with Crippen LogP contribution in [0.5, 0.6) is 0 Å². The molecule has 0 spiro atoms. The fourth-order valence-electron chi connectivity index (χ4n) is 2.12. The third-order valence-electron chi connectivity index (χ3n) is 3.17. The largest absolute Gasteiger partial charge is 0.353 e. The summed E-state index contributed by atoms with van der Waals surface area (Å²) in [6.07, 6.45) is 1.17. The van der Waals surface area contributed by atoms with Crippen LogP contribution in [0.4, 0.5) is 0 Å². The number of hydrogen-bond donors (Lipinski definition) is 0. The maximum atomic E-state index is 9.40. The number of thioether (sulfide) groups is 1. The fraction of sp³-hybridized carbons (Fsp3) is 0.462. The first kappa shape index (κ1) is 13.9. The van der Waals surface area contributed by atoms with Gasteiger partial charge >= 0.3 is 0 Å². The van der Waals surface area contributed by atoms with Gasteiger partial charge in [0.1, 0.15) is 4.75 Å². The average Bonchev–Trinajstić information content (AvgIpc) is 2.33. The van der Waals surface area contributed by atoms with Crippen molar-refractivity contribution in [3.63, 3.8) is 0 Å². The summed E-state index contributed by atoms with van der Waals surface area (Å²) >= 11 is 5.01. The van der Waals surface area contributed by atoms with Gasteiger partial charge < -0.3 is 9.47 Å². The second kappa shape index (κ2) is 5.22. The van der Waals surface area contributed by atoms with Crippen molar-refractivity contribution in [1.29, 1.82) is 5.26 Å². The van der Waals surface area contributed by atoms with E-state index in [9.17, 15) is 5.26 Å². The first-order valence-electron chi connectivity index (χ1n) is 5.53. The normalized spacial score (nSPS) is 19.9. The van der Waals surface area contributed by atoms with Crippen LogP contribution < -0.4 is 0 Å². The number of ether oxygens (including phenoxy) is 2. The number of benzene rings is 1. The highest BCUT2D eigenvalue weighted by atomic mass is 79.9. The van der Waals surface area contributed by atoms with Crippen LogP contribution in [0, 0.1) is 11.3 Å². The molecule has 0 unspecified atom stereocenters. The summed E-state index contributed by atoms with van der Waals surface area (Å²) in [6.45, 7) is 0. The Balaban J connectivity index is 2.11. The van der Waals surface area contributed by atoms with Gasteiger partial charge in [-0.3, -0.25) is 0 Å². The van der Waals surface area contributed by atoms with E-state index in [1.54, 1.807) is 26.0 Å². The molecule has 1 saturated carbocycles. The van der Waals surface area contributed by atoms with Crippen LogP contribution in [-0.2, 0) is 9.47 Å². The average molecular weight is 328 g/mol. The molecule has 2 rings (SSSR count). The van der Waals surface area contributed by atoms with Crippen molar-refractivity contribution in [2.24, 2.45) is 0 Å².